The van der Waals surface area contributed by atoms with E-state index in [1.54, 1.807) is 0 Å². The number of hydrogen-bond donors (Lipinski definition) is 0. The van der Waals surface area contributed by atoms with Gasteiger partial charge in [0.1, 0.15) is 11.5 Å². The van der Waals surface area contributed by atoms with Crippen molar-refractivity contribution in [3.8, 4) is 11.3 Å². The zero-order chi connectivity index (χ0) is 20.1. The molecule has 4 aromatic heterocycles. The second kappa shape index (κ2) is 6.70. The van der Waals surface area contributed by atoms with Gasteiger partial charge in [-0.05, 0) is 51.2 Å². The molecule has 2 atom stereocenters. The Morgan fingerprint density at radius 3 is 2.62 bits per heavy atom. The summed E-state index contributed by atoms with van der Waals surface area (Å²) >= 11 is 0. The quantitative estimate of drug-likeness (QED) is 0.525. The van der Waals surface area contributed by atoms with Crippen molar-refractivity contribution in [2.45, 2.75) is 25.9 Å². The molecule has 0 N–H and O–H groups in total. The number of aromatic nitrogens is 3. The van der Waals surface area contributed by atoms with Crippen LogP contribution in [0.4, 0.5) is 5.82 Å². The van der Waals surface area contributed by atoms with Crippen molar-refractivity contribution in [1.29, 1.82) is 0 Å². The van der Waals surface area contributed by atoms with Gasteiger partial charge >= 0.3 is 5.63 Å². The zero-order valence-corrected chi connectivity index (χ0v) is 16.7. The third kappa shape index (κ3) is 3.07. The summed E-state index contributed by atoms with van der Waals surface area (Å²) in [6.45, 7) is 6.21. The second-order valence-electron chi connectivity index (χ2n) is 7.87. The van der Waals surface area contributed by atoms with Gasteiger partial charge in [-0.3, -0.25) is 4.90 Å². The number of anilines is 1. The molecule has 0 aromatic carbocycles. The molecule has 4 aromatic rings. The highest BCUT2D eigenvalue weighted by Gasteiger charge is 2.27. The molecule has 7 heteroatoms. The molecular formula is C22H23N5O2. The van der Waals surface area contributed by atoms with Crippen molar-refractivity contribution in [1.82, 2.24) is 19.3 Å². The van der Waals surface area contributed by atoms with Crippen LogP contribution in [0, 0.1) is 0 Å². The Labute approximate surface area is 168 Å². The molecule has 0 aliphatic carbocycles. The molecule has 1 aliphatic heterocycles. The largest absolute Gasteiger partial charge is 0.403 e. The summed E-state index contributed by atoms with van der Waals surface area (Å²) in [5.41, 5.74) is 1.76. The number of imidazole rings is 1. The SMILES string of the molecule is CC1CN(c2ccc3cc(-c4cn5ccccc5n4)c(=O)oc3n2)CC(C)N1C. The zero-order valence-electron chi connectivity index (χ0n) is 16.7. The molecule has 29 heavy (non-hydrogen) atoms. The lowest BCUT2D eigenvalue weighted by atomic mass is 10.1. The van der Waals surface area contributed by atoms with Crippen LogP contribution in [0.3, 0.4) is 0 Å². The van der Waals surface area contributed by atoms with Crippen molar-refractivity contribution >= 4 is 22.6 Å². The molecule has 7 nitrogen and oxygen atoms in total. The number of fused-ring (bicyclic) bond motifs is 2. The molecule has 148 valence electrons. The van der Waals surface area contributed by atoms with E-state index >= 15 is 0 Å². The van der Waals surface area contributed by atoms with Gasteiger partial charge in [-0.25, -0.2) is 9.78 Å². The summed E-state index contributed by atoms with van der Waals surface area (Å²) < 4.78 is 7.48. The van der Waals surface area contributed by atoms with Crippen LogP contribution in [-0.4, -0.2) is 51.5 Å². The van der Waals surface area contributed by atoms with Crippen molar-refractivity contribution in [3.05, 3.63) is 59.2 Å². The van der Waals surface area contributed by atoms with Gasteiger partial charge in [-0.2, -0.15) is 4.98 Å². The predicted molar refractivity (Wildman–Crippen MR) is 113 cm³/mol. The van der Waals surface area contributed by atoms with Gasteiger partial charge < -0.3 is 13.7 Å². The van der Waals surface area contributed by atoms with Crippen molar-refractivity contribution < 1.29 is 4.42 Å². The number of pyridine rings is 2. The fourth-order valence-electron chi connectivity index (χ4n) is 4.00. The van der Waals surface area contributed by atoms with E-state index in [0.717, 1.165) is 29.9 Å². The molecule has 0 saturated carbocycles. The summed E-state index contributed by atoms with van der Waals surface area (Å²) in [6, 6.07) is 12.4. The number of nitrogens with zero attached hydrogens (tertiary/aromatic N) is 5. The van der Waals surface area contributed by atoms with E-state index in [2.05, 4.69) is 40.7 Å². The predicted octanol–water partition coefficient (Wildman–Crippen LogP) is 3.03. The summed E-state index contributed by atoms with van der Waals surface area (Å²) in [5, 5.41) is 0.788. The van der Waals surface area contributed by atoms with Crippen LogP contribution >= 0.6 is 0 Å². The molecule has 0 spiro atoms. The van der Waals surface area contributed by atoms with Crippen LogP contribution in [0.25, 0.3) is 28.0 Å². The number of hydrogen-bond acceptors (Lipinski definition) is 6. The first-order valence-electron chi connectivity index (χ1n) is 9.85. The maximum absolute atomic E-state index is 12.7. The second-order valence-corrected chi connectivity index (χ2v) is 7.87. The highest BCUT2D eigenvalue weighted by molar-refractivity contribution is 5.80. The Morgan fingerprint density at radius 1 is 1.07 bits per heavy atom. The fraction of sp³-hybridized carbons (Fsp3) is 0.318. The highest BCUT2D eigenvalue weighted by atomic mass is 16.4. The first-order chi connectivity index (χ1) is 14.0. The first kappa shape index (κ1) is 17.9. The first-order valence-corrected chi connectivity index (χ1v) is 9.85. The third-order valence-electron chi connectivity index (χ3n) is 5.91. The average molecular weight is 389 g/mol. The minimum atomic E-state index is -0.425. The average Bonchev–Trinajstić information content (AvgIpc) is 3.14. The van der Waals surface area contributed by atoms with Crippen LogP contribution in [0.1, 0.15) is 13.8 Å². The maximum atomic E-state index is 12.7. The lowest BCUT2D eigenvalue weighted by molar-refractivity contribution is 0.169. The molecule has 0 radical (unpaired) electrons. The summed E-state index contributed by atoms with van der Waals surface area (Å²) in [6.07, 6.45) is 3.74. The van der Waals surface area contributed by atoms with E-state index in [9.17, 15) is 4.79 Å². The topological polar surface area (TPSA) is 66.9 Å². The van der Waals surface area contributed by atoms with Gasteiger partial charge in [0, 0.05) is 43.0 Å². The van der Waals surface area contributed by atoms with Gasteiger partial charge in [0.15, 0.2) is 0 Å². The number of likely N-dealkylation sites (N-methyl/N-ethyl adjacent to an activating group) is 1. The summed E-state index contributed by atoms with van der Waals surface area (Å²) in [7, 11) is 2.15. The van der Waals surface area contributed by atoms with E-state index in [1.807, 2.05) is 53.2 Å². The van der Waals surface area contributed by atoms with E-state index in [-0.39, 0.29) is 0 Å². The molecule has 1 saturated heterocycles. The van der Waals surface area contributed by atoms with Crippen LogP contribution in [0.5, 0.6) is 0 Å². The molecule has 0 bridgehead atoms. The lowest BCUT2D eigenvalue weighted by Gasteiger charge is -2.42. The lowest BCUT2D eigenvalue weighted by Crippen LogP contribution is -2.55. The molecule has 1 fully saturated rings. The molecule has 5 heterocycles. The van der Waals surface area contributed by atoms with Gasteiger partial charge in [-0.15, -0.1) is 0 Å². The smallest absolute Gasteiger partial charge is 0.347 e. The molecule has 5 rings (SSSR count). The fourth-order valence-corrected chi connectivity index (χ4v) is 4.00. The molecule has 0 amide bonds. The van der Waals surface area contributed by atoms with Crippen molar-refractivity contribution in [3.63, 3.8) is 0 Å². The van der Waals surface area contributed by atoms with Crippen molar-refractivity contribution in [2.24, 2.45) is 0 Å². The van der Waals surface area contributed by atoms with Gasteiger partial charge in [0.05, 0.1) is 11.3 Å². The Kier molecular flexibility index (Phi) is 4.13. The van der Waals surface area contributed by atoms with Crippen LogP contribution in [0.15, 0.2) is 58.0 Å². The van der Waals surface area contributed by atoms with Crippen LogP contribution < -0.4 is 10.5 Å². The normalized spacial score (nSPS) is 20.6. The van der Waals surface area contributed by atoms with Gasteiger partial charge in [-0.1, -0.05) is 6.07 Å². The van der Waals surface area contributed by atoms with Gasteiger partial charge in [0.2, 0.25) is 5.71 Å². The number of rotatable bonds is 2. The van der Waals surface area contributed by atoms with E-state index in [1.165, 1.54) is 0 Å². The van der Waals surface area contributed by atoms with E-state index in [4.69, 9.17) is 4.42 Å². The van der Waals surface area contributed by atoms with Crippen molar-refractivity contribution in [2.75, 3.05) is 25.0 Å². The van der Waals surface area contributed by atoms with E-state index in [0.29, 0.717) is 29.1 Å². The Hall–Kier alpha value is -3.19. The Morgan fingerprint density at radius 2 is 1.86 bits per heavy atom. The molecular weight excluding hydrogens is 366 g/mol. The monoisotopic (exact) mass is 389 g/mol. The van der Waals surface area contributed by atoms with E-state index < -0.39 is 5.63 Å². The Bertz CT molecular complexity index is 1220. The summed E-state index contributed by atoms with van der Waals surface area (Å²) in [5.74, 6) is 0.841. The molecule has 2 unspecified atom stereocenters. The number of piperazine rings is 1. The highest BCUT2D eigenvalue weighted by Crippen LogP contribution is 2.25. The summed E-state index contributed by atoms with van der Waals surface area (Å²) in [4.78, 5) is 26.5. The molecule has 1 aliphatic rings. The third-order valence-corrected chi connectivity index (χ3v) is 5.91. The van der Waals surface area contributed by atoms with Crippen LogP contribution in [-0.2, 0) is 0 Å². The standard InChI is InChI=1S/C22H23N5O2/c1-14-11-27(12-15(2)25(14)3)20-8-7-16-10-17(22(28)29-21(16)24-20)18-13-26-9-5-4-6-19(26)23-18/h4-10,13-15H,11-12H2,1-3H3. The Balaban J connectivity index is 1.53. The van der Waals surface area contributed by atoms with Crippen LogP contribution in [0.2, 0.25) is 0 Å². The minimum absolute atomic E-state index is 0.360. The van der Waals surface area contributed by atoms with Gasteiger partial charge in [0.25, 0.3) is 0 Å². The minimum Gasteiger partial charge on any atom is -0.403 e. The maximum Gasteiger partial charge on any atom is 0.347 e.